The van der Waals surface area contributed by atoms with E-state index in [0.717, 1.165) is 10.6 Å². The van der Waals surface area contributed by atoms with Crippen molar-refractivity contribution < 1.29 is 18.0 Å². The van der Waals surface area contributed by atoms with Crippen LogP contribution in [0.3, 0.4) is 0 Å². The molecule has 0 saturated carbocycles. The molecule has 0 atom stereocenters. The van der Waals surface area contributed by atoms with E-state index >= 15 is 0 Å². The van der Waals surface area contributed by atoms with Crippen molar-refractivity contribution in [2.45, 2.75) is 0 Å². The molecule has 1 fully saturated rings. The van der Waals surface area contributed by atoms with Crippen molar-refractivity contribution in [3.63, 3.8) is 0 Å². The molecule has 2 amide bonds. The molecule has 4 rings (SSSR count). The summed E-state index contributed by atoms with van der Waals surface area (Å²) in [7, 11) is -3.55. The van der Waals surface area contributed by atoms with Gasteiger partial charge in [-0.15, -0.1) is 0 Å². The molecule has 2 heterocycles. The van der Waals surface area contributed by atoms with Crippen molar-refractivity contribution in [2.75, 3.05) is 43.4 Å². The average molecular weight is 399 g/mol. The monoisotopic (exact) mass is 399 g/mol. The van der Waals surface area contributed by atoms with E-state index in [0.29, 0.717) is 37.3 Å². The Bertz CT molecular complexity index is 964. The normalized spacial score (nSPS) is 17.9. The number of carbonyl (C=O) groups is 2. The summed E-state index contributed by atoms with van der Waals surface area (Å²) in [5, 5.41) is 0. The zero-order valence-electron chi connectivity index (χ0n) is 15.3. The number of benzene rings is 2. The molecular weight excluding hydrogens is 378 g/mol. The van der Waals surface area contributed by atoms with E-state index in [9.17, 15) is 18.0 Å². The molecule has 7 nitrogen and oxygen atoms in total. The van der Waals surface area contributed by atoms with Gasteiger partial charge in [0.2, 0.25) is 10.0 Å². The minimum absolute atomic E-state index is 0.131. The van der Waals surface area contributed by atoms with Gasteiger partial charge in [-0.05, 0) is 24.3 Å². The lowest BCUT2D eigenvalue weighted by Gasteiger charge is -2.35. The van der Waals surface area contributed by atoms with Crippen molar-refractivity contribution in [1.82, 2.24) is 9.21 Å². The van der Waals surface area contributed by atoms with Crippen LogP contribution in [0.25, 0.3) is 0 Å². The highest BCUT2D eigenvalue weighted by Crippen LogP contribution is 2.23. The molecule has 0 bridgehead atoms. The largest absolute Gasteiger partial charge is 0.369 e. The quantitative estimate of drug-likeness (QED) is 0.711. The molecule has 2 aliphatic rings. The second-order valence-corrected chi connectivity index (χ2v) is 8.93. The molecule has 0 aliphatic carbocycles. The standard InChI is InChI=1S/C20H21N3O4S/c24-19-17-8-4-5-9-18(17)20(25)23(19)14-15-28(26,27)22-12-10-21(11-13-22)16-6-2-1-3-7-16/h1-9H,10-15H2. The minimum atomic E-state index is -3.55. The molecule has 0 N–H and O–H groups in total. The molecule has 0 spiro atoms. The number of piperazine rings is 1. The smallest absolute Gasteiger partial charge is 0.261 e. The lowest BCUT2D eigenvalue weighted by Crippen LogP contribution is -2.50. The summed E-state index contributed by atoms with van der Waals surface area (Å²) < 4.78 is 26.9. The maximum Gasteiger partial charge on any atom is 0.261 e. The van der Waals surface area contributed by atoms with Gasteiger partial charge >= 0.3 is 0 Å². The Hall–Kier alpha value is -2.71. The first-order valence-corrected chi connectivity index (χ1v) is 10.8. The van der Waals surface area contributed by atoms with E-state index in [1.807, 2.05) is 30.3 Å². The van der Waals surface area contributed by atoms with Crippen LogP contribution in [0.2, 0.25) is 0 Å². The van der Waals surface area contributed by atoms with E-state index < -0.39 is 21.8 Å². The highest BCUT2D eigenvalue weighted by atomic mass is 32.2. The molecule has 0 aromatic heterocycles. The summed E-state index contributed by atoms with van der Waals surface area (Å²) in [5.41, 5.74) is 1.74. The summed E-state index contributed by atoms with van der Waals surface area (Å²) >= 11 is 0. The second-order valence-electron chi connectivity index (χ2n) is 6.85. The fourth-order valence-corrected chi connectivity index (χ4v) is 5.03. The van der Waals surface area contributed by atoms with Gasteiger partial charge in [-0.25, -0.2) is 8.42 Å². The van der Waals surface area contributed by atoms with Crippen molar-refractivity contribution in [1.29, 1.82) is 0 Å². The van der Waals surface area contributed by atoms with Gasteiger partial charge in [-0.3, -0.25) is 14.5 Å². The van der Waals surface area contributed by atoms with Gasteiger partial charge in [0.05, 0.1) is 16.9 Å². The number of hydrogen-bond donors (Lipinski definition) is 0. The van der Waals surface area contributed by atoms with Gasteiger partial charge < -0.3 is 4.90 Å². The van der Waals surface area contributed by atoms with Crippen LogP contribution in [0.5, 0.6) is 0 Å². The van der Waals surface area contributed by atoms with Crippen molar-refractivity contribution in [3.05, 3.63) is 65.7 Å². The van der Waals surface area contributed by atoms with Crippen LogP contribution < -0.4 is 4.90 Å². The van der Waals surface area contributed by atoms with Gasteiger partial charge in [-0.2, -0.15) is 4.31 Å². The first-order valence-electron chi connectivity index (χ1n) is 9.20. The summed E-state index contributed by atoms with van der Waals surface area (Å²) in [5.74, 6) is -1.11. The molecule has 2 aromatic rings. The highest BCUT2D eigenvalue weighted by molar-refractivity contribution is 7.89. The Morgan fingerprint density at radius 3 is 1.86 bits per heavy atom. The lowest BCUT2D eigenvalue weighted by molar-refractivity contribution is 0.0663. The van der Waals surface area contributed by atoms with Crippen molar-refractivity contribution in [2.24, 2.45) is 0 Å². The second kappa shape index (κ2) is 7.37. The predicted octanol–water partition coefficient (Wildman–Crippen LogP) is 1.43. The minimum Gasteiger partial charge on any atom is -0.369 e. The van der Waals surface area contributed by atoms with Crippen LogP contribution in [0.15, 0.2) is 54.6 Å². The third-order valence-corrected chi connectivity index (χ3v) is 7.05. The fraction of sp³-hybridized carbons (Fsp3) is 0.300. The number of fused-ring (bicyclic) bond motifs is 1. The maximum absolute atomic E-state index is 12.7. The number of amides is 2. The topological polar surface area (TPSA) is 78.0 Å². The molecular formula is C20H21N3O4S. The summed E-state index contributed by atoms with van der Waals surface area (Å²) in [6.45, 7) is 1.86. The van der Waals surface area contributed by atoms with Crippen LogP contribution in [0.4, 0.5) is 5.69 Å². The van der Waals surface area contributed by atoms with Crippen molar-refractivity contribution in [3.8, 4) is 0 Å². The number of carbonyl (C=O) groups excluding carboxylic acids is 2. The van der Waals surface area contributed by atoms with Crippen LogP contribution in [0.1, 0.15) is 20.7 Å². The van der Waals surface area contributed by atoms with E-state index in [2.05, 4.69) is 4.90 Å². The SMILES string of the molecule is O=C1c2ccccc2C(=O)N1CCS(=O)(=O)N1CCN(c2ccccc2)CC1. The fourth-order valence-electron chi connectivity index (χ4n) is 3.64. The lowest BCUT2D eigenvalue weighted by atomic mass is 10.1. The number of rotatable bonds is 5. The van der Waals surface area contributed by atoms with E-state index in [1.165, 1.54) is 4.31 Å². The summed E-state index contributed by atoms with van der Waals surface area (Å²) in [6.07, 6.45) is 0. The zero-order valence-corrected chi connectivity index (χ0v) is 16.1. The summed E-state index contributed by atoms with van der Waals surface area (Å²) in [6, 6.07) is 16.4. The molecule has 146 valence electrons. The first kappa shape index (κ1) is 18.6. The number of imide groups is 1. The molecule has 1 saturated heterocycles. The number of sulfonamides is 1. The Morgan fingerprint density at radius 2 is 1.29 bits per heavy atom. The molecule has 0 unspecified atom stereocenters. The van der Waals surface area contributed by atoms with Gasteiger partial charge in [0.1, 0.15) is 0 Å². The third kappa shape index (κ3) is 3.41. The molecule has 28 heavy (non-hydrogen) atoms. The van der Waals surface area contributed by atoms with Crippen molar-refractivity contribution >= 4 is 27.5 Å². The average Bonchev–Trinajstić information content (AvgIpc) is 2.98. The zero-order chi connectivity index (χ0) is 19.7. The predicted molar refractivity (Wildman–Crippen MR) is 106 cm³/mol. The van der Waals surface area contributed by atoms with Crippen LogP contribution in [0, 0.1) is 0 Å². The highest BCUT2D eigenvalue weighted by Gasteiger charge is 2.36. The van der Waals surface area contributed by atoms with Gasteiger partial charge in [0.25, 0.3) is 11.8 Å². The Morgan fingerprint density at radius 1 is 0.750 bits per heavy atom. The van der Waals surface area contributed by atoms with E-state index in [-0.39, 0.29) is 12.3 Å². The van der Waals surface area contributed by atoms with Crippen LogP contribution in [-0.2, 0) is 10.0 Å². The van der Waals surface area contributed by atoms with Gasteiger partial charge in [0, 0.05) is 38.4 Å². The number of anilines is 1. The Kier molecular flexibility index (Phi) is 4.91. The van der Waals surface area contributed by atoms with E-state index in [4.69, 9.17) is 0 Å². The van der Waals surface area contributed by atoms with Gasteiger partial charge in [-0.1, -0.05) is 30.3 Å². The first-order chi connectivity index (χ1) is 13.5. The maximum atomic E-state index is 12.7. The number of nitrogens with zero attached hydrogens (tertiary/aromatic N) is 3. The third-order valence-electron chi connectivity index (χ3n) is 5.20. The number of hydrogen-bond acceptors (Lipinski definition) is 5. The molecule has 8 heteroatoms. The van der Waals surface area contributed by atoms with Crippen LogP contribution in [-0.4, -0.2) is 67.9 Å². The Labute approximate surface area is 164 Å². The van der Waals surface area contributed by atoms with Crippen LogP contribution >= 0.6 is 0 Å². The number of para-hydroxylation sites is 1. The Balaban J connectivity index is 1.37. The molecule has 2 aliphatic heterocycles. The molecule has 0 radical (unpaired) electrons. The summed E-state index contributed by atoms with van der Waals surface area (Å²) in [4.78, 5) is 28.0. The molecule has 2 aromatic carbocycles. The van der Waals surface area contributed by atoms with E-state index in [1.54, 1.807) is 24.3 Å². The van der Waals surface area contributed by atoms with Gasteiger partial charge in [0.15, 0.2) is 0 Å².